The van der Waals surface area contributed by atoms with Gasteiger partial charge < -0.3 is 10.6 Å². The Bertz CT molecular complexity index is 1160. The molecule has 154 valence electrons. The standard InChI is InChI=1S/C23H19F3N2OS/c24-23(25,26)17-7-3-5-15(11-17)12-18-13-16-6-4-8-19(22(16)30-18)20-9-1-2-10-28(20)14-21(27)29/h1-9,11,13H,10,12,14H2,(H2,27,29). The van der Waals surface area contributed by atoms with Gasteiger partial charge in [0.15, 0.2) is 0 Å². The predicted molar refractivity (Wildman–Crippen MR) is 114 cm³/mol. The van der Waals surface area contributed by atoms with Crippen LogP contribution in [0, 0.1) is 0 Å². The Balaban J connectivity index is 1.69. The molecule has 3 nitrogen and oxygen atoms in total. The van der Waals surface area contributed by atoms with Gasteiger partial charge in [-0.2, -0.15) is 13.2 Å². The Hall–Kier alpha value is -3.06. The Labute approximate surface area is 175 Å². The first-order chi connectivity index (χ1) is 14.3. The zero-order valence-corrected chi connectivity index (χ0v) is 16.8. The molecule has 0 saturated carbocycles. The van der Waals surface area contributed by atoms with Crippen LogP contribution in [0.4, 0.5) is 13.2 Å². The number of halogens is 3. The van der Waals surface area contributed by atoms with E-state index < -0.39 is 17.6 Å². The number of hydrogen-bond donors (Lipinski definition) is 1. The van der Waals surface area contributed by atoms with Gasteiger partial charge in [0.2, 0.25) is 5.91 Å². The Morgan fingerprint density at radius 1 is 1.13 bits per heavy atom. The third-order valence-corrected chi connectivity index (χ3v) is 6.09. The first-order valence-electron chi connectivity index (χ1n) is 9.39. The topological polar surface area (TPSA) is 46.3 Å². The summed E-state index contributed by atoms with van der Waals surface area (Å²) < 4.78 is 40.1. The number of benzene rings is 2. The molecule has 0 atom stereocenters. The number of carbonyl (C=O) groups is 1. The van der Waals surface area contributed by atoms with Gasteiger partial charge in [0.1, 0.15) is 0 Å². The first kappa shape index (κ1) is 20.2. The van der Waals surface area contributed by atoms with Gasteiger partial charge in [0.25, 0.3) is 0 Å². The van der Waals surface area contributed by atoms with Gasteiger partial charge in [-0.3, -0.25) is 4.79 Å². The van der Waals surface area contributed by atoms with Crippen LogP contribution in [0.3, 0.4) is 0 Å². The monoisotopic (exact) mass is 428 g/mol. The minimum Gasteiger partial charge on any atom is -0.368 e. The second-order valence-electron chi connectivity index (χ2n) is 7.14. The highest BCUT2D eigenvalue weighted by Crippen LogP contribution is 2.36. The molecule has 1 aromatic heterocycles. The number of thiophene rings is 1. The summed E-state index contributed by atoms with van der Waals surface area (Å²) >= 11 is 1.56. The maximum Gasteiger partial charge on any atom is 0.416 e. The molecule has 3 aromatic rings. The van der Waals surface area contributed by atoms with Gasteiger partial charge in [0.05, 0.1) is 12.1 Å². The van der Waals surface area contributed by atoms with E-state index in [0.717, 1.165) is 32.3 Å². The molecule has 0 saturated heterocycles. The van der Waals surface area contributed by atoms with Crippen molar-refractivity contribution in [2.75, 3.05) is 13.1 Å². The van der Waals surface area contributed by atoms with Crippen molar-refractivity contribution in [2.45, 2.75) is 12.6 Å². The third kappa shape index (κ3) is 4.26. The van der Waals surface area contributed by atoms with E-state index in [-0.39, 0.29) is 6.54 Å². The predicted octanol–water partition coefficient (Wildman–Crippen LogP) is 5.21. The summed E-state index contributed by atoms with van der Waals surface area (Å²) in [4.78, 5) is 14.4. The van der Waals surface area contributed by atoms with E-state index in [9.17, 15) is 18.0 Å². The van der Waals surface area contributed by atoms with Crippen molar-refractivity contribution in [3.63, 3.8) is 0 Å². The minimum absolute atomic E-state index is 0.120. The number of rotatable bonds is 5. The van der Waals surface area contributed by atoms with Crippen LogP contribution in [0.5, 0.6) is 0 Å². The lowest BCUT2D eigenvalue weighted by molar-refractivity contribution is -0.137. The quantitative estimate of drug-likeness (QED) is 0.607. The molecular formula is C23H19F3N2OS. The van der Waals surface area contributed by atoms with Gasteiger partial charge in [0, 0.05) is 33.8 Å². The number of nitrogens with zero attached hydrogens (tertiary/aromatic N) is 1. The zero-order valence-electron chi connectivity index (χ0n) is 15.9. The number of allylic oxidation sites excluding steroid dienone is 2. The van der Waals surface area contributed by atoms with E-state index in [2.05, 4.69) is 0 Å². The fourth-order valence-electron chi connectivity index (χ4n) is 3.61. The van der Waals surface area contributed by atoms with Crippen molar-refractivity contribution in [1.82, 2.24) is 4.90 Å². The lowest BCUT2D eigenvalue weighted by atomic mass is 10.0. The number of fused-ring (bicyclic) bond motifs is 1. The number of hydrogen-bond acceptors (Lipinski definition) is 3. The second kappa shape index (κ2) is 7.99. The molecule has 2 N–H and O–H groups in total. The SMILES string of the molecule is NC(=O)CN1CC=CC=C1c1cccc2cc(Cc3cccc(C(F)(F)F)c3)sc12. The highest BCUT2D eigenvalue weighted by molar-refractivity contribution is 7.19. The molecule has 4 rings (SSSR count). The van der Waals surface area contributed by atoms with Gasteiger partial charge in [-0.25, -0.2) is 0 Å². The van der Waals surface area contributed by atoms with Crippen LogP contribution < -0.4 is 5.73 Å². The van der Waals surface area contributed by atoms with Gasteiger partial charge in [-0.05, 0) is 29.2 Å². The van der Waals surface area contributed by atoms with Crippen LogP contribution in [0.2, 0.25) is 0 Å². The average molecular weight is 428 g/mol. The van der Waals surface area contributed by atoms with Crippen molar-refractivity contribution in [3.8, 4) is 0 Å². The second-order valence-corrected chi connectivity index (χ2v) is 8.28. The van der Waals surface area contributed by atoms with Crippen LogP contribution in [-0.4, -0.2) is 23.9 Å². The number of amides is 1. The maximum absolute atomic E-state index is 13.0. The Kier molecular flexibility index (Phi) is 5.39. The van der Waals surface area contributed by atoms with E-state index >= 15 is 0 Å². The summed E-state index contributed by atoms with van der Waals surface area (Å²) in [7, 11) is 0. The van der Waals surface area contributed by atoms with Crippen LogP contribution in [0.15, 0.2) is 66.8 Å². The molecule has 1 aliphatic heterocycles. The van der Waals surface area contributed by atoms with Crippen molar-refractivity contribution in [3.05, 3.63) is 88.3 Å². The van der Waals surface area contributed by atoms with Crippen LogP contribution in [-0.2, 0) is 17.4 Å². The molecule has 0 spiro atoms. The number of primary amides is 1. The van der Waals surface area contributed by atoms with Gasteiger partial charge in [-0.1, -0.05) is 48.6 Å². The molecule has 1 aliphatic rings. The molecule has 2 heterocycles. The molecular weight excluding hydrogens is 409 g/mol. The number of alkyl halides is 3. The number of nitrogens with two attached hydrogens (primary N) is 1. The summed E-state index contributed by atoms with van der Waals surface area (Å²) in [5.41, 5.74) is 7.28. The highest BCUT2D eigenvalue weighted by Gasteiger charge is 2.30. The van der Waals surface area contributed by atoms with Crippen LogP contribution >= 0.6 is 11.3 Å². The van der Waals surface area contributed by atoms with E-state index in [4.69, 9.17) is 5.73 Å². The minimum atomic E-state index is -4.35. The molecule has 0 fully saturated rings. The molecule has 7 heteroatoms. The summed E-state index contributed by atoms with van der Waals surface area (Å²) in [6.07, 6.45) is 1.93. The van der Waals surface area contributed by atoms with E-state index in [1.807, 2.05) is 47.4 Å². The van der Waals surface area contributed by atoms with Crippen molar-refractivity contribution in [1.29, 1.82) is 0 Å². The van der Waals surface area contributed by atoms with E-state index in [1.165, 1.54) is 12.1 Å². The fraction of sp³-hybridized carbons (Fsp3) is 0.174. The van der Waals surface area contributed by atoms with Crippen molar-refractivity contribution < 1.29 is 18.0 Å². The largest absolute Gasteiger partial charge is 0.416 e. The zero-order chi connectivity index (χ0) is 21.3. The lowest BCUT2D eigenvalue weighted by Crippen LogP contribution is -2.33. The number of carbonyl (C=O) groups excluding carboxylic acids is 1. The Morgan fingerprint density at radius 3 is 2.70 bits per heavy atom. The molecule has 0 unspecified atom stereocenters. The van der Waals surface area contributed by atoms with Gasteiger partial charge in [-0.15, -0.1) is 11.3 Å². The Morgan fingerprint density at radius 2 is 1.93 bits per heavy atom. The molecule has 1 amide bonds. The van der Waals surface area contributed by atoms with Crippen LogP contribution in [0.1, 0.15) is 21.6 Å². The van der Waals surface area contributed by atoms with Crippen molar-refractivity contribution in [2.24, 2.45) is 5.73 Å². The fourth-order valence-corrected chi connectivity index (χ4v) is 4.83. The van der Waals surface area contributed by atoms with Crippen molar-refractivity contribution >= 4 is 33.0 Å². The molecule has 0 radical (unpaired) electrons. The molecule has 0 aliphatic carbocycles. The molecule has 0 bridgehead atoms. The normalized spacial score (nSPS) is 14.2. The summed E-state index contributed by atoms with van der Waals surface area (Å²) in [6.45, 7) is 0.711. The summed E-state index contributed by atoms with van der Waals surface area (Å²) in [5.74, 6) is -0.403. The lowest BCUT2D eigenvalue weighted by Gasteiger charge is -2.27. The first-order valence-corrected chi connectivity index (χ1v) is 10.2. The smallest absolute Gasteiger partial charge is 0.368 e. The highest BCUT2D eigenvalue weighted by atomic mass is 32.1. The molecule has 30 heavy (non-hydrogen) atoms. The van der Waals surface area contributed by atoms with Gasteiger partial charge >= 0.3 is 6.18 Å². The van der Waals surface area contributed by atoms with E-state index in [0.29, 0.717) is 18.5 Å². The van der Waals surface area contributed by atoms with Crippen LogP contribution in [0.25, 0.3) is 15.8 Å². The average Bonchev–Trinajstić information content (AvgIpc) is 3.10. The third-order valence-electron chi connectivity index (χ3n) is 4.91. The summed E-state index contributed by atoms with van der Waals surface area (Å²) in [6, 6.07) is 13.4. The van der Waals surface area contributed by atoms with E-state index in [1.54, 1.807) is 17.4 Å². The maximum atomic E-state index is 13.0. The molecule has 2 aromatic carbocycles. The summed E-state index contributed by atoms with van der Waals surface area (Å²) in [5, 5.41) is 1.02.